The Labute approximate surface area is 179 Å². The first-order chi connectivity index (χ1) is 15.0. The number of hydrogen-bond acceptors (Lipinski definition) is 6. The summed E-state index contributed by atoms with van der Waals surface area (Å²) >= 11 is 0. The maximum atomic E-state index is 12.2. The zero-order valence-corrected chi connectivity index (χ0v) is 18.2. The fraction of sp³-hybridized carbons (Fsp3) is 0.174. The van der Waals surface area contributed by atoms with Gasteiger partial charge in [-0.3, -0.25) is 4.98 Å². The van der Waals surface area contributed by atoms with Crippen LogP contribution in [0.3, 0.4) is 0 Å². The summed E-state index contributed by atoms with van der Waals surface area (Å²) in [5, 5.41) is 10.4. The number of pyridine rings is 1. The third kappa shape index (κ3) is 4.09. The van der Waals surface area contributed by atoms with Gasteiger partial charge in [0.25, 0.3) is 0 Å². The third-order valence-electron chi connectivity index (χ3n) is 5.22. The van der Waals surface area contributed by atoms with Gasteiger partial charge in [0.2, 0.25) is 5.65 Å². The van der Waals surface area contributed by atoms with Gasteiger partial charge in [-0.2, -0.15) is 0 Å². The molecule has 31 heavy (non-hydrogen) atoms. The van der Waals surface area contributed by atoms with Crippen LogP contribution in [0.15, 0.2) is 67.0 Å². The molecule has 3 aromatic heterocycles. The first kappa shape index (κ1) is 19.5. The van der Waals surface area contributed by atoms with E-state index in [1.54, 1.807) is 30.4 Å². The third-order valence-corrected chi connectivity index (χ3v) is 6.76. The molecule has 0 unspecified atom stereocenters. The van der Waals surface area contributed by atoms with E-state index < -0.39 is 7.14 Å². The summed E-state index contributed by atoms with van der Waals surface area (Å²) in [6, 6.07) is 18.0. The molecule has 0 bridgehead atoms. The number of rotatable bonds is 5. The molecule has 0 saturated carbocycles. The Morgan fingerprint density at radius 1 is 0.968 bits per heavy atom. The summed E-state index contributed by atoms with van der Waals surface area (Å²) in [5.41, 5.74) is 5.17. The van der Waals surface area contributed by atoms with Crippen LogP contribution in [-0.2, 0) is 17.5 Å². The Bertz CT molecular complexity index is 1440. The second-order valence-corrected chi connectivity index (χ2v) is 11.2. The zero-order valence-electron chi connectivity index (χ0n) is 17.3. The van der Waals surface area contributed by atoms with Gasteiger partial charge in [-0.05, 0) is 42.7 Å². The minimum atomic E-state index is -2.25. The molecule has 0 aliphatic carbocycles. The minimum Gasteiger partial charge on any atom is -0.319 e. The van der Waals surface area contributed by atoms with Crippen molar-refractivity contribution < 1.29 is 4.57 Å². The van der Waals surface area contributed by atoms with Crippen molar-refractivity contribution >= 4 is 34.6 Å². The monoisotopic (exact) mass is 428 g/mol. The van der Waals surface area contributed by atoms with Crippen LogP contribution in [0.5, 0.6) is 0 Å². The molecule has 0 aliphatic rings. The fourth-order valence-electron chi connectivity index (χ4n) is 3.56. The van der Waals surface area contributed by atoms with E-state index in [0.717, 1.165) is 33.0 Å². The second kappa shape index (κ2) is 7.67. The fourth-order valence-corrected chi connectivity index (χ4v) is 4.43. The van der Waals surface area contributed by atoms with Crippen LogP contribution in [0.1, 0.15) is 16.8 Å². The van der Waals surface area contributed by atoms with E-state index in [4.69, 9.17) is 4.98 Å². The van der Waals surface area contributed by atoms with E-state index in [2.05, 4.69) is 26.3 Å². The Morgan fingerprint density at radius 3 is 2.58 bits per heavy atom. The van der Waals surface area contributed by atoms with Gasteiger partial charge in [-0.1, -0.05) is 41.6 Å². The lowest BCUT2D eigenvalue weighted by atomic mass is 10.1. The number of fused-ring (bicyclic) bond motifs is 2. The SMILES string of the molecule is CP(C)(=O)c1ccc(Cc2cnc3nnn(Cc4ccc5ncccc5c4)c3n2)cc1. The average molecular weight is 428 g/mol. The van der Waals surface area contributed by atoms with Gasteiger partial charge >= 0.3 is 0 Å². The Kier molecular flexibility index (Phi) is 4.83. The molecule has 0 N–H and O–H groups in total. The van der Waals surface area contributed by atoms with E-state index in [1.165, 1.54) is 0 Å². The highest BCUT2D eigenvalue weighted by molar-refractivity contribution is 7.70. The van der Waals surface area contributed by atoms with E-state index in [9.17, 15) is 4.57 Å². The zero-order chi connectivity index (χ0) is 21.4. The van der Waals surface area contributed by atoms with Gasteiger partial charge in [0.1, 0.15) is 7.14 Å². The lowest BCUT2D eigenvalue weighted by Crippen LogP contribution is -2.05. The van der Waals surface area contributed by atoms with E-state index in [-0.39, 0.29) is 0 Å². The van der Waals surface area contributed by atoms with Crippen molar-refractivity contribution in [2.75, 3.05) is 13.3 Å². The predicted molar refractivity (Wildman–Crippen MR) is 122 cm³/mol. The van der Waals surface area contributed by atoms with Gasteiger partial charge in [0.15, 0.2) is 5.65 Å². The summed E-state index contributed by atoms with van der Waals surface area (Å²) in [4.78, 5) is 13.6. The summed E-state index contributed by atoms with van der Waals surface area (Å²) in [6.07, 6.45) is 4.16. The summed E-state index contributed by atoms with van der Waals surface area (Å²) < 4.78 is 14.0. The molecule has 5 aromatic rings. The molecule has 0 amide bonds. The molecule has 0 radical (unpaired) electrons. The molecule has 0 spiro atoms. The molecular weight excluding hydrogens is 407 g/mol. The van der Waals surface area contributed by atoms with Gasteiger partial charge < -0.3 is 4.57 Å². The second-order valence-electron chi connectivity index (χ2n) is 7.98. The molecule has 154 valence electrons. The van der Waals surface area contributed by atoms with Crippen LogP contribution in [0.25, 0.3) is 22.2 Å². The van der Waals surface area contributed by atoms with Crippen molar-refractivity contribution in [1.29, 1.82) is 0 Å². The maximum Gasteiger partial charge on any atom is 0.221 e. The molecule has 5 rings (SSSR count). The average Bonchev–Trinajstić information content (AvgIpc) is 3.15. The first-order valence-corrected chi connectivity index (χ1v) is 12.6. The van der Waals surface area contributed by atoms with Crippen LogP contribution < -0.4 is 5.30 Å². The minimum absolute atomic E-state index is 0.527. The molecule has 0 aliphatic heterocycles. The highest BCUT2D eigenvalue weighted by atomic mass is 31.2. The smallest absolute Gasteiger partial charge is 0.221 e. The van der Waals surface area contributed by atoms with Gasteiger partial charge in [0.05, 0.1) is 24.0 Å². The lowest BCUT2D eigenvalue weighted by Gasteiger charge is -2.08. The maximum absolute atomic E-state index is 12.2. The largest absolute Gasteiger partial charge is 0.319 e. The highest BCUT2D eigenvalue weighted by Crippen LogP contribution is 2.34. The molecule has 7 nitrogen and oxygen atoms in total. The first-order valence-electron chi connectivity index (χ1n) is 9.99. The number of hydrogen-bond donors (Lipinski definition) is 0. The van der Waals surface area contributed by atoms with E-state index in [0.29, 0.717) is 24.3 Å². The number of benzene rings is 2. The number of nitrogens with zero attached hydrogens (tertiary/aromatic N) is 6. The van der Waals surface area contributed by atoms with Crippen LogP contribution in [0.4, 0.5) is 0 Å². The molecule has 0 fully saturated rings. The topological polar surface area (TPSA) is 86.5 Å². The normalized spacial score (nSPS) is 11.9. The molecule has 0 saturated heterocycles. The van der Waals surface area contributed by atoms with Crippen LogP contribution >= 0.6 is 7.14 Å². The van der Waals surface area contributed by atoms with E-state index in [1.807, 2.05) is 48.5 Å². The predicted octanol–water partition coefficient (Wildman–Crippen LogP) is 3.66. The molecule has 0 atom stereocenters. The standard InChI is InChI=1S/C23H21N6OP/c1-31(2,30)20-8-5-16(6-9-20)13-19-14-25-22-23(26-19)29(28-27-22)15-17-7-10-21-18(12-17)4-3-11-24-21/h3-12,14H,13,15H2,1-2H3. The Hall–Kier alpha value is -3.44. The molecular formula is C23H21N6OP. The van der Waals surface area contributed by atoms with Crippen molar-refractivity contribution in [3.63, 3.8) is 0 Å². The van der Waals surface area contributed by atoms with Crippen molar-refractivity contribution in [1.82, 2.24) is 29.9 Å². The van der Waals surface area contributed by atoms with Gasteiger partial charge in [0, 0.05) is 23.3 Å². The lowest BCUT2D eigenvalue weighted by molar-refractivity contribution is 0.588. The summed E-state index contributed by atoms with van der Waals surface area (Å²) in [6.45, 7) is 4.11. The van der Waals surface area contributed by atoms with Crippen LogP contribution in [0.2, 0.25) is 0 Å². The van der Waals surface area contributed by atoms with Gasteiger partial charge in [-0.25, -0.2) is 14.6 Å². The Morgan fingerprint density at radius 2 is 1.77 bits per heavy atom. The van der Waals surface area contributed by atoms with Crippen LogP contribution in [-0.4, -0.2) is 43.3 Å². The van der Waals surface area contributed by atoms with E-state index >= 15 is 0 Å². The summed E-state index contributed by atoms with van der Waals surface area (Å²) in [7, 11) is -2.25. The highest BCUT2D eigenvalue weighted by Gasteiger charge is 2.12. The van der Waals surface area contributed by atoms with Crippen molar-refractivity contribution in [2.24, 2.45) is 0 Å². The number of aromatic nitrogens is 6. The van der Waals surface area contributed by atoms with Gasteiger partial charge in [-0.15, -0.1) is 5.10 Å². The van der Waals surface area contributed by atoms with Crippen molar-refractivity contribution in [2.45, 2.75) is 13.0 Å². The quantitative estimate of drug-likeness (QED) is 0.397. The van der Waals surface area contributed by atoms with Crippen molar-refractivity contribution in [3.05, 3.63) is 83.8 Å². The van der Waals surface area contributed by atoms with Crippen molar-refractivity contribution in [3.8, 4) is 0 Å². The van der Waals surface area contributed by atoms with Crippen LogP contribution in [0, 0.1) is 0 Å². The molecule has 8 heteroatoms. The Balaban J connectivity index is 1.42. The summed E-state index contributed by atoms with van der Waals surface area (Å²) in [5.74, 6) is 0. The molecule has 2 aromatic carbocycles. The molecule has 3 heterocycles.